The number of carboxylic acids is 1. The Hall–Kier alpha value is -3.14. The van der Waals surface area contributed by atoms with E-state index in [1.54, 1.807) is 23.9 Å². The molecule has 0 aliphatic rings. The van der Waals surface area contributed by atoms with Gasteiger partial charge in [-0.05, 0) is 84.6 Å². The molecule has 0 saturated carbocycles. The van der Waals surface area contributed by atoms with Crippen LogP contribution in [0.5, 0.6) is 0 Å². The van der Waals surface area contributed by atoms with E-state index in [1.807, 2.05) is 80.8 Å². The van der Waals surface area contributed by atoms with E-state index in [2.05, 4.69) is 5.32 Å². The van der Waals surface area contributed by atoms with Crippen LogP contribution in [0.2, 0.25) is 0 Å². The van der Waals surface area contributed by atoms with E-state index >= 15 is 0 Å². The number of sulfonamides is 1. The first-order valence-electron chi connectivity index (χ1n) is 14.4. The van der Waals surface area contributed by atoms with Gasteiger partial charge in [0.25, 0.3) is 5.91 Å². The molecule has 7 nitrogen and oxygen atoms in total. The van der Waals surface area contributed by atoms with Crippen LogP contribution in [0.15, 0.2) is 72.8 Å². The van der Waals surface area contributed by atoms with Gasteiger partial charge in [0.05, 0.1) is 17.8 Å². The van der Waals surface area contributed by atoms with Crippen LogP contribution in [0.3, 0.4) is 0 Å². The summed E-state index contributed by atoms with van der Waals surface area (Å²) in [7, 11) is -3.52. The number of aryl methyl sites for hydroxylation is 1. The van der Waals surface area contributed by atoms with Gasteiger partial charge in [-0.3, -0.25) is 4.79 Å². The Balaban J connectivity index is 1.96. The van der Waals surface area contributed by atoms with Gasteiger partial charge in [-0.15, -0.1) is 0 Å². The quantitative estimate of drug-likeness (QED) is 0.220. The summed E-state index contributed by atoms with van der Waals surface area (Å²) in [6, 6.07) is 21.6. The maximum atomic E-state index is 13.5. The van der Waals surface area contributed by atoms with Crippen LogP contribution in [0.4, 0.5) is 0 Å². The Bertz CT molecular complexity index is 1430. The molecular formula is C33H41N2O5S2-. The fraction of sp³-hybridized carbons (Fsp3) is 0.394. The lowest BCUT2D eigenvalue weighted by molar-refractivity contribution is -0.308. The van der Waals surface area contributed by atoms with Crippen LogP contribution in [-0.4, -0.2) is 54.9 Å². The molecule has 0 bridgehead atoms. The number of hydrogen-bond donors (Lipinski definition) is 1. The van der Waals surface area contributed by atoms with Gasteiger partial charge in [-0.2, -0.15) is 16.1 Å². The number of unbranched alkanes of at least 4 members (excludes halogenated alkanes) is 1. The van der Waals surface area contributed by atoms with E-state index in [1.165, 1.54) is 4.31 Å². The average Bonchev–Trinajstić information content (AvgIpc) is 2.98. The summed E-state index contributed by atoms with van der Waals surface area (Å²) in [4.78, 5) is 25.2. The van der Waals surface area contributed by atoms with E-state index in [0.29, 0.717) is 36.9 Å². The number of nitrogens with zero attached hydrogens (tertiary/aromatic N) is 1. The molecule has 42 heavy (non-hydrogen) atoms. The third-order valence-electron chi connectivity index (χ3n) is 7.20. The van der Waals surface area contributed by atoms with Crippen LogP contribution < -0.4 is 10.4 Å². The Kier molecular flexibility index (Phi) is 13.1. The molecule has 9 heteroatoms. The summed E-state index contributed by atoms with van der Waals surface area (Å²) in [6.07, 6.45) is 4.79. The largest absolute Gasteiger partial charge is 0.548 e. The molecule has 0 saturated heterocycles. The van der Waals surface area contributed by atoms with E-state index in [0.717, 1.165) is 34.4 Å². The van der Waals surface area contributed by atoms with E-state index in [9.17, 15) is 23.1 Å². The Labute approximate surface area is 254 Å². The molecule has 3 rings (SSSR count). The van der Waals surface area contributed by atoms with Crippen LogP contribution in [0.25, 0.3) is 11.1 Å². The monoisotopic (exact) mass is 609 g/mol. The van der Waals surface area contributed by atoms with Crippen molar-refractivity contribution in [3.05, 3.63) is 95.1 Å². The molecule has 226 valence electrons. The van der Waals surface area contributed by atoms with Crippen LogP contribution in [-0.2, 0) is 27.8 Å². The summed E-state index contributed by atoms with van der Waals surface area (Å²) >= 11 is 1.61. The van der Waals surface area contributed by atoms with Crippen LogP contribution in [0, 0.1) is 6.92 Å². The smallest absolute Gasteiger partial charge is 0.252 e. The Morgan fingerprint density at radius 2 is 1.67 bits per heavy atom. The zero-order valence-electron chi connectivity index (χ0n) is 24.7. The van der Waals surface area contributed by atoms with Gasteiger partial charge in [-0.25, -0.2) is 8.42 Å². The Morgan fingerprint density at radius 3 is 2.33 bits per heavy atom. The maximum Gasteiger partial charge on any atom is 0.252 e. The van der Waals surface area contributed by atoms with Crippen molar-refractivity contribution in [3.8, 4) is 11.1 Å². The highest BCUT2D eigenvalue weighted by atomic mass is 32.2. The van der Waals surface area contributed by atoms with Crippen LogP contribution in [0.1, 0.15) is 59.7 Å². The molecule has 0 radical (unpaired) electrons. The lowest BCUT2D eigenvalue weighted by Gasteiger charge is -2.24. The number of amides is 1. The number of rotatable bonds is 17. The number of carboxylic acid groups (broad SMARTS) is 1. The van der Waals surface area contributed by atoms with Crippen molar-refractivity contribution in [3.63, 3.8) is 0 Å². The lowest BCUT2D eigenvalue weighted by atomic mass is 9.93. The first-order valence-corrected chi connectivity index (χ1v) is 17.4. The molecule has 0 heterocycles. The zero-order chi connectivity index (χ0) is 30.5. The molecule has 1 atom stereocenters. The molecule has 1 N–H and O–H groups in total. The van der Waals surface area contributed by atoms with Crippen molar-refractivity contribution < 1.29 is 23.1 Å². The second-order valence-electron chi connectivity index (χ2n) is 10.4. The standard InChI is InChI=1S/C33H42N2O5S2/c1-4-5-22-42(39,40)35(20-19-26-13-7-6-8-14-26)24-27-17-18-29(30(23-27)28-15-10-9-12-25(28)2)32(36)34-31(33(37)38)16-11-21-41-3/h6-10,12-15,17-18,23,31H,4-5,11,16,19-22,24H2,1-3H3,(H,34,36)(H,37,38)/p-1. The minimum atomic E-state index is -3.52. The number of carbonyl (C=O) groups is 2. The summed E-state index contributed by atoms with van der Waals surface area (Å²) in [5, 5.41) is 14.4. The third-order valence-corrected chi connectivity index (χ3v) is 9.80. The van der Waals surface area contributed by atoms with E-state index < -0.39 is 27.9 Å². The van der Waals surface area contributed by atoms with Crippen molar-refractivity contribution >= 4 is 33.7 Å². The Morgan fingerprint density at radius 1 is 0.952 bits per heavy atom. The van der Waals surface area contributed by atoms with Gasteiger partial charge in [0.2, 0.25) is 10.0 Å². The normalized spacial score (nSPS) is 12.3. The fourth-order valence-corrected chi connectivity index (χ4v) is 6.86. The first-order chi connectivity index (χ1) is 20.2. The second kappa shape index (κ2) is 16.5. The number of nitrogens with one attached hydrogen (secondary N) is 1. The maximum absolute atomic E-state index is 13.5. The van der Waals surface area contributed by atoms with Crippen molar-refractivity contribution in [2.75, 3.05) is 24.3 Å². The highest BCUT2D eigenvalue weighted by Gasteiger charge is 2.24. The number of hydrogen-bond acceptors (Lipinski definition) is 6. The van der Waals surface area contributed by atoms with Crippen LogP contribution >= 0.6 is 11.8 Å². The van der Waals surface area contributed by atoms with Gasteiger partial charge < -0.3 is 15.2 Å². The molecule has 0 aliphatic carbocycles. The molecule has 0 aliphatic heterocycles. The number of aliphatic carboxylic acids is 1. The molecule has 0 aromatic heterocycles. The zero-order valence-corrected chi connectivity index (χ0v) is 26.3. The topological polar surface area (TPSA) is 107 Å². The van der Waals surface area contributed by atoms with Gasteiger partial charge >= 0.3 is 0 Å². The van der Waals surface area contributed by atoms with Crippen molar-refractivity contribution in [1.82, 2.24) is 9.62 Å². The summed E-state index contributed by atoms with van der Waals surface area (Å²) in [6.45, 7) is 4.41. The molecular weight excluding hydrogens is 569 g/mol. The van der Waals surface area contributed by atoms with Crippen molar-refractivity contribution in [1.29, 1.82) is 0 Å². The van der Waals surface area contributed by atoms with Crippen molar-refractivity contribution in [2.24, 2.45) is 0 Å². The average molecular weight is 610 g/mol. The van der Waals surface area contributed by atoms with Gasteiger partial charge in [-0.1, -0.05) is 74.0 Å². The first kappa shape index (κ1) is 33.4. The van der Waals surface area contributed by atoms with Crippen molar-refractivity contribution in [2.45, 2.75) is 58.5 Å². The molecule has 1 unspecified atom stereocenters. The lowest BCUT2D eigenvalue weighted by Crippen LogP contribution is -2.48. The van der Waals surface area contributed by atoms with E-state index in [-0.39, 0.29) is 18.7 Å². The minimum Gasteiger partial charge on any atom is -0.548 e. The molecule has 1 amide bonds. The van der Waals surface area contributed by atoms with Gasteiger partial charge in [0.1, 0.15) is 0 Å². The molecule has 3 aromatic rings. The second-order valence-corrected chi connectivity index (χ2v) is 13.5. The number of benzene rings is 3. The predicted octanol–water partition coefficient (Wildman–Crippen LogP) is 4.83. The number of carbonyl (C=O) groups excluding carboxylic acids is 2. The third kappa shape index (κ3) is 9.71. The predicted molar refractivity (Wildman–Crippen MR) is 170 cm³/mol. The summed E-state index contributed by atoms with van der Waals surface area (Å²) in [5.74, 6) is -0.963. The highest BCUT2D eigenvalue weighted by molar-refractivity contribution is 7.98. The highest BCUT2D eigenvalue weighted by Crippen LogP contribution is 2.29. The SMILES string of the molecule is CCCCS(=O)(=O)N(CCc1ccccc1)Cc1ccc(C(=O)NC(CCCSC)C(=O)[O-])c(-c2ccccc2C)c1. The number of thioether (sulfide) groups is 1. The van der Waals surface area contributed by atoms with E-state index in [4.69, 9.17) is 0 Å². The molecule has 0 spiro atoms. The van der Waals surface area contributed by atoms with Gasteiger partial charge in [0, 0.05) is 18.7 Å². The summed E-state index contributed by atoms with van der Waals surface area (Å²) < 4.78 is 28.3. The molecule has 3 aromatic carbocycles. The molecule has 0 fully saturated rings. The fourth-order valence-electron chi connectivity index (χ4n) is 4.78. The summed E-state index contributed by atoms with van der Waals surface area (Å²) in [5.41, 5.74) is 4.51. The minimum absolute atomic E-state index is 0.0740. The van der Waals surface area contributed by atoms with Gasteiger partial charge in [0.15, 0.2) is 0 Å².